The first-order chi connectivity index (χ1) is 9.99. The molecule has 0 saturated carbocycles. The molecule has 1 atom stereocenters. The molecule has 8 heteroatoms. The van der Waals surface area contributed by atoms with Crippen molar-refractivity contribution in [1.29, 1.82) is 0 Å². The number of hydrogen-bond donors (Lipinski definition) is 2. The minimum atomic E-state index is -0.867. The van der Waals surface area contributed by atoms with Crippen LogP contribution in [0.2, 0.25) is 0 Å². The smallest absolute Gasteiger partial charge is 0.318 e. The molecule has 7 nitrogen and oxygen atoms in total. The van der Waals surface area contributed by atoms with E-state index in [4.69, 9.17) is 5.73 Å². The Bertz CT molecular complexity index is 656. The van der Waals surface area contributed by atoms with E-state index < -0.39 is 17.2 Å². The van der Waals surface area contributed by atoms with Gasteiger partial charge in [0.05, 0.1) is 5.25 Å². The number of urea groups is 1. The van der Waals surface area contributed by atoms with Gasteiger partial charge in [0.15, 0.2) is 5.16 Å². The quantitative estimate of drug-likeness (QED) is 0.828. The van der Waals surface area contributed by atoms with Crippen LogP contribution < -0.4 is 11.1 Å². The fourth-order valence-electron chi connectivity index (χ4n) is 1.73. The lowest BCUT2D eigenvalue weighted by atomic mass is 10.3. The van der Waals surface area contributed by atoms with Gasteiger partial charge in [-0.1, -0.05) is 30.0 Å². The predicted octanol–water partition coefficient (Wildman–Crippen LogP) is 1.25. The number of amides is 3. The lowest BCUT2D eigenvalue weighted by Gasteiger charge is -2.11. The number of nitrogens with one attached hydrogen (secondary N) is 1. The van der Waals surface area contributed by atoms with Gasteiger partial charge in [-0.25, -0.2) is 4.79 Å². The number of thioether (sulfide) groups is 1. The van der Waals surface area contributed by atoms with Gasteiger partial charge in [-0.05, 0) is 26.0 Å². The zero-order valence-electron chi connectivity index (χ0n) is 11.6. The van der Waals surface area contributed by atoms with Crippen molar-refractivity contribution in [1.82, 2.24) is 20.1 Å². The third kappa shape index (κ3) is 3.60. The minimum absolute atomic E-state index is 0.465. The van der Waals surface area contributed by atoms with E-state index in [0.29, 0.717) is 11.0 Å². The molecule has 0 aliphatic heterocycles. The van der Waals surface area contributed by atoms with Gasteiger partial charge in [-0.3, -0.25) is 14.7 Å². The normalized spacial score (nSPS) is 11.9. The lowest BCUT2D eigenvalue weighted by molar-refractivity contribution is -0.119. The van der Waals surface area contributed by atoms with E-state index in [1.807, 2.05) is 41.8 Å². The molecule has 1 heterocycles. The Kier molecular flexibility index (Phi) is 4.59. The van der Waals surface area contributed by atoms with Crippen LogP contribution in [-0.4, -0.2) is 32.0 Å². The number of hydrogen-bond acceptors (Lipinski definition) is 5. The zero-order valence-corrected chi connectivity index (χ0v) is 12.4. The van der Waals surface area contributed by atoms with E-state index in [-0.39, 0.29) is 0 Å². The summed E-state index contributed by atoms with van der Waals surface area (Å²) >= 11 is 1.21. The van der Waals surface area contributed by atoms with Gasteiger partial charge in [-0.15, -0.1) is 10.2 Å². The van der Waals surface area contributed by atoms with E-state index in [0.717, 1.165) is 5.69 Å². The van der Waals surface area contributed by atoms with Crippen LogP contribution in [-0.2, 0) is 4.79 Å². The Balaban J connectivity index is 2.22. The molecule has 110 valence electrons. The number of nitrogens with two attached hydrogens (primary N) is 1. The predicted molar refractivity (Wildman–Crippen MR) is 79.1 cm³/mol. The van der Waals surface area contributed by atoms with Gasteiger partial charge >= 0.3 is 6.03 Å². The standard InChI is InChI=1S/C13H15N5O2S/c1-8(11(19)15-12(14)20)21-13-17-16-9(2)18(13)10-6-4-3-5-7-10/h3-8H,1-2H3,(H3,14,15,19,20)/t8-/m1/s1. The molecule has 0 aliphatic rings. The van der Waals surface area contributed by atoms with E-state index in [9.17, 15) is 9.59 Å². The summed E-state index contributed by atoms with van der Waals surface area (Å²) in [6, 6.07) is 8.72. The summed E-state index contributed by atoms with van der Waals surface area (Å²) in [7, 11) is 0. The number of aryl methyl sites for hydroxylation is 1. The van der Waals surface area contributed by atoms with Gasteiger partial charge in [0.25, 0.3) is 0 Å². The highest BCUT2D eigenvalue weighted by molar-refractivity contribution is 8.00. The molecular formula is C13H15N5O2S. The van der Waals surface area contributed by atoms with Crippen molar-refractivity contribution in [2.24, 2.45) is 5.73 Å². The fourth-order valence-corrected chi connectivity index (χ4v) is 2.64. The molecule has 0 spiro atoms. The first kappa shape index (κ1) is 15.0. The van der Waals surface area contributed by atoms with Crippen molar-refractivity contribution < 1.29 is 9.59 Å². The first-order valence-corrected chi connectivity index (χ1v) is 7.11. The number of aromatic nitrogens is 3. The van der Waals surface area contributed by atoms with Crippen molar-refractivity contribution in [3.05, 3.63) is 36.2 Å². The third-order valence-corrected chi connectivity index (χ3v) is 3.75. The van der Waals surface area contributed by atoms with Crippen molar-refractivity contribution >= 4 is 23.7 Å². The first-order valence-electron chi connectivity index (χ1n) is 6.23. The number of primary amides is 1. The maximum Gasteiger partial charge on any atom is 0.318 e. The van der Waals surface area contributed by atoms with E-state index in [2.05, 4.69) is 15.5 Å². The highest BCUT2D eigenvalue weighted by Crippen LogP contribution is 2.25. The van der Waals surface area contributed by atoms with Gasteiger partial charge in [0, 0.05) is 5.69 Å². The van der Waals surface area contributed by atoms with Gasteiger partial charge in [0.1, 0.15) is 5.82 Å². The number of carbonyl (C=O) groups is 2. The number of rotatable bonds is 4. The molecule has 21 heavy (non-hydrogen) atoms. The van der Waals surface area contributed by atoms with Crippen molar-refractivity contribution in [3.8, 4) is 5.69 Å². The van der Waals surface area contributed by atoms with Crippen LogP contribution in [0.5, 0.6) is 0 Å². The van der Waals surface area contributed by atoms with Gasteiger partial charge < -0.3 is 5.73 Å². The van der Waals surface area contributed by atoms with E-state index in [1.165, 1.54) is 11.8 Å². The van der Waals surface area contributed by atoms with Crippen molar-refractivity contribution in [2.45, 2.75) is 24.3 Å². The third-order valence-electron chi connectivity index (χ3n) is 2.71. The summed E-state index contributed by atoms with van der Waals surface area (Å²) in [5.41, 5.74) is 5.84. The number of nitrogens with zero attached hydrogens (tertiary/aromatic N) is 3. The van der Waals surface area contributed by atoms with Gasteiger partial charge in [-0.2, -0.15) is 0 Å². The van der Waals surface area contributed by atoms with Crippen molar-refractivity contribution in [3.63, 3.8) is 0 Å². The molecule has 0 radical (unpaired) electrons. The van der Waals surface area contributed by atoms with Gasteiger partial charge in [0.2, 0.25) is 5.91 Å². The molecule has 0 unspecified atom stereocenters. The SMILES string of the molecule is Cc1nnc(S[C@H](C)C(=O)NC(N)=O)n1-c1ccccc1. The number of benzene rings is 1. The number of carbonyl (C=O) groups excluding carboxylic acids is 2. The molecule has 1 aromatic carbocycles. The van der Waals surface area contributed by atoms with Crippen LogP contribution in [0.4, 0.5) is 4.79 Å². The topological polar surface area (TPSA) is 103 Å². The van der Waals surface area contributed by atoms with Crippen LogP contribution in [0, 0.1) is 6.92 Å². The molecule has 0 aliphatic carbocycles. The molecule has 2 rings (SSSR count). The summed E-state index contributed by atoms with van der Waals surface area (Å²) < 4.78 is 1.85. The van der Waals surface area contributed by atoms with Crippen LogP contribution >= 0.6 is 11.8 Å². The fraction of sp³-hybridized carbons (Fsp3) is 0.231. The summed E-state index contributed by atoms with van der Waals surface area (Å²) in [5, 5.41) is 10.2. The van der Waals surface area contributed by atoms with Crippen molar-refractivity contribution in [2.75, 3.05) is 0 Å². The highest BCUT2D eigenvalue weighted by Gasteiger charge is 2.20. The molecule has 1 aromatic heterocycles. The maximum absolute atomic E-state index is 11.7. The van der Waals surface area contributed by atoms with E-state index in [1.54, 1.807) is 6.92 Å². The molecule has 0 fully saturated rings. The van der Waals surface area contributed by atoms with Crippen LogP contribution in [0.1, 0.15) is 12.7 Å². The summed E-state index contributed by atoms with van der Waals surface area (Å²) in [5.74, 6) is 0.249. The Morgan fingerprint density at radius 2 is 1.95 bits per heavy atom. The number of para-hydroxylation sites is 1. The Hall–Kier alpha value is -2.35. The summed E-state index contributed by atoms with van der Waals surface area (Å²) in [4.78, 5) is 22.4. The molecule has 0 saturated heterocycles. The Morgan fingerprint density at radius 1 is 1.29 bits per heavy atom. The average molecular weight is 305 g/mol. The lowest BCUT2D eigenvalue weighted by Crippen LogP contribution is -2.39. The number of imide groups is 1. The monoisotopic (exact) mass is 305 g/mol. The molecule has 3 amide bonds. The molecule has 2 aromatic rings. The summed E-state index contributed by atoms with van der Waals surface area (Å²) in [6.45, 7) is 3.50. The maximum atomic E-state index is 11.7. The molecule has 0 bridgehead atoms. The molecular weight excluding hydrogens is 290 g/mol. The van der Waals surface area contributed by atoms with Crippen LogP contribution in [0.3, 0.4) is 0 Å². The second-order valence-electron chi connectivity index (χ2n) is 4.31. The Labute approximate surface area is 125 Å². The average Bonchev–Trinajstić information content (AvgIpc) is 2.80. The second-order valence-corrected chi connectivity index (χ2v) is 5.62. The highest BCUT2D eigenvalue weighted by atomic mass is 32.2. The minimum Gasteiger partial charge on any atom is -0.351 e. The summed E-state index contributed by atoms with van der Waals surface area (Å²) in [6.07, 6.45) is 0. The molecule has 3 N–H and O–H groups in total. The van der Waals surface area contributed by atoms with Crippen LogP contribution in [0.15, 0.2) is 35.5 Å². The largest absolute Gasteiger partial charge is 0.351 e. The van der Waals surface area contributed by atoms with Crippen LogP contribution in [0.25, 0.3) is 5.69 Å². The Morgan fingerprint density at radius 3 is 2.57 bits per heavy atom. The zero-order chi connectivity index (χ0) is 15.4. The second kappa shape index (κ2) is 6.40. The van der Waals surface area contributed by atoms with E-state index >= 15 is 0 Å².